The second-order valence-corrected chi connectivity index (χ2v) is 2.84. The van der Waals surface area contributed by atoms with Gasteiger partial charge in [-0.15, -0.1) is 0 Å². The Bertz CT molecular complexity index is 119. The first kappa shape index (κ1) is 8.68. The van der Waals surface area contributed by atoms with Crippen molar-refractivity contribution >= 4 is 6.29 Å². The molecule has 3 heteroatoms. The van der Waals surface area contributed by atoms with E-state index >= 15 is 0 Å². The van der Waals surface area contributed by atoms with Crippen molar-refractivity contribution in [3.05, 3.63) is 0 Å². The van der Waals surface area contributed by atoms with Crippen LogP contribution in [0.4, 0.5) is 0 Å². The average Bonchev–Trinajstić information content (AvgIpc) is 2.07. The van der Waals surface area contributed by atoms with Crippen molar-refractivity contribution in [3.8, 4) is 0 Å². The van der Waals surface area contributed by atoms with Crippen LogP contribution >= 0.6 is 0 Å². The molecule has 0 aromatic carbocycles. The molecule has 0 N–H and O–H groups in total. The number of aldehydes is 1. The number of ether oxygens (including phenoxy) is 2. The van der Waals surface area contributed by atoms with E-state index in [0.29, 0.717) is 6.42 Å². The molecule has 3 nitrogen and oxygen atoms in total. The summed E-state index contributed by atoms with van der Waals surface area (Å²) < 4.78 is 10.6. The van der Waals surface area contributed by atoms with Gasteiger partial charge in [0.15, 0.2) is 6.29 Å². The van der Waals surface area contributed by atoms with Gasteiger partial charge in [-0.2, -0.15) is 0 Å². The molecule has 64 valence electrons. The van der Waals surface area contributed by atoms with Crippen molar-refractivity contribution in [2.24, 2.45) is 5.92 Å². The lowest BCUT2D eigenvalue weighted by Crippen LogP contribution is -2.30. The Hall–Kier alpha value is -0.410. The lowest BCUT2D eigenvalue weighted by Gasteiger charge is -2.27. The standard InChI is InChI=1S/C8H14O3/c1-7(3-4-9)8-10-5-2-6-11-8/h4,7-8H,2-3,5-6H2,1H3/t7-/m1/s1. The summed E-state index contributed by atoms with van der Waals surface area (Å²) in [6, 6.07) is 0. The van der Waals surface area contributed by atoms with E-state index < -0.39 is 0 Å². The van der Waals surface area contributed by atoms with E-state index in [1.54, 1.807) is 0 Å². The van der Waals surface area contributed by atoms with Gasteiger partial charge < -0.3 is 14.3 Å². The Morgan fingerprint density at radius 3 is 2.73 bits per heavy atom. The summed E-state index contributed by atoms with van der Waals surface area (Å²) in [7, 11) is 0. The largest absolute Gasteiger partial charge is 0.352 e. The van der Waals surface area contributed by atoms with Gasteiger partial charge in [-0.25, -0.2) is 0 Å². The van der Waals surface area contributed by atoms with Crippen molar-refractivity contribution in [2.45, 2.75) is 26.1 Å². The van der Waals surface area contributed by atoms with Crippen LogP contribution in [0.2, 0.25) is 0 Å². The summed E-state index contributed by atoms with van der Waals surface area (Å²) in [6.07, 6.45) is 2.23. The molecule has 1 fully saturated rings. The zero-order chi connectivity index (χ0) is 8.10. The molecule has 1 saturated heterocycles. The van der Waals surface area contributed by atoms with Crippen LogP contribution in [0.1, 0.15) is 19.8 Å². The predicted molar refractivity (Wildman–Crippen MR) is 40.2 cm³/mol. The van der Waals surface area contributed by atoms with Crippen molar-refractivity contribution < 1.29 is 14.3 Å². The molecule has 0 bridgehead atoms. The molecule has 11 heavy (non-hydrogen) atoms. The molecule has 0 aromatic heterocycles. The SMILES string of the molecule is C[C@H](CC=O)C1OCCCO1. The fourth-order valence-corrected chi connectivity index (χ4v) is 1.10. The van der Waals surface area contributed by atoms with Crippen molar-refractivity contribution in [1.29, 1.82) is 0 Å². The summed E-state index contributed by atoms with van der Waals surface area (Å²) >= 11 is 0. The molecule has 0 spiro atoms. The van der Waals surface area contributed by atoms with E-state index in [2.05, 4.69) is 0 Å². The molecule has 1 heterocycles. The van der Waals surface area contributed by atoms with Crippen LogP contribution < -0.4 is 0 Å². The van der Waals surface area contributed by atoms with Gasteiger partial charge in [0.1, 0.15) is 6.29 Å². The first-order valence-corrected chi connectivity index (χ1v) is 4.01. The summed E-state index contributed by atoms with van der Waals surface area (Å²) in [5, 5.41) is 0. The van der Waals surface area contributed by atoms with Crippen molar-refractivity contribution in [1.82, 2.24) is 0 Å². The number of hydrogen-bond acceptors (Lipinski definition) is 3. The molecule has 0 aliphatic carbocycles. The summed E-state index contributed by atoms with van der Waals surface area (Å²) in [6.45, 7) is 3.48. The van der Waals surface area contributed by atoms with E-state index in [4.69, 9.17) is 9.47 Å². The third kappa shape index (κ3) is 2.60. The number of carbonyl (C=O) groups is 1. The van der Waals surface area contributed by atoms with E-state index in [1.165, 1.54) is 0 Å². The van der Waals surface area contributed by atoms with E-state index in [9.17, 15) is 4.79 Å². The van der Waals surface area contributed by atoms with Crippen LogP contribution in [0.5, 0.6) is 0 Å². The number of carbonyl (C=O) groups excluding carboxylic acids is 1. The van der Waals surface area contributed by atoms with Crippen molar-refractivity contribution in [2.75, 3.05) is 13.2 Å². The summed E-state index contributed by atoms with van der Waals surface area (Å²) in [5.74, 6) is 0.188. The molecular weight excluding hydrogens is 144 g/mol. The maximum atomic E-state index is 10.1. The Labute approximate surface area is 66.7 Å². The Morgan fingerprint density at radius 2 is 2.18 bits per heavy atom. The third-order valence-corrected chi connectivity index (χ3v) is 1.79. The molecule has 0 aromatic rings. The highest BCUT2D eigenvalue weighted by molar-refractivity contribution is 5.49. The molecule has 0 radical (unpaired) electrons. The van der Waals surface area contributed by atoms with Crippen molar-refractivity contribution in [3.63, 3.8) is 0 Å². The average molecular weight is 158 g/mol. The molecule has 1 aliphatic heterocycles. The van der Waals surface area contributed by atoms with Crippen LogP contribution in [0, 0.1) is 5.92 Å². The minimum atomic E-state index is -0.158. The van der Waals surface area contributed by atoms with Gasteiger partial charge >= 0.3 is 0 Å². The van der Waals surface area contributed by atoms with E-state index in [1.807, 2.05) is 6.92 Å². The second-order valence-electron chi connectivity index (χ2n) is 2.84. The van der Waals surface area contributed by atoms with Gasteiger partial charge in [0.25, 0.3) is 0 Å². The Kier molecular flexibility index (Phi) is 3.52. The van der Waals surface area contributed by atoms with Crippen LogP contribution in [0.15, 0.2) is 0 Å². The topological polar surface area (TPSA) is 35.5 Å². The van der Waals surface area contributed by atoms with Crippen LogP contribution in [0.25, 0.3) is 0 Å². The van der Waals surface area contributed by atoms with E-state index in [-0.39, 0.29) is 12.2 Å². The van der Waals surface area contributed by atoms with Crippen LogP contribution in [-0.2, 0) is 14.3 Å². The summed E-state index contributed by atoms with van der Waals surface area (Å²) in [4.78, 5) is 10.1. The van der Waals surface area contributed by atoms with Gasteiger partial charge in [-0.1, -0.05) is 6.92 Å². The Morgan fingerprint density at radius 1 is 1.55 bits per heavy atom. The van der Waals surface area contributed by atoms with Crippen LogP contribution in [-0.4, -0.2) is 25.8 Å². The minimum absolute atomic E-state index is 0.158. The van der Waals surface area contributed by atoms with Gasteiger partial charge in [0.2, 0.25) is 0 Å². The van der Waals surface area contributed by atoms with Gasteiger partial charge in [-0.3, -0.25) is 0 Å². The van der Waals surface area contributed by atoms with Gasteiger partial charge in [0.05, 0.1) is 13.2 Å². The fraction of sp³-hybridized carbons (Fsp3) is 0.875. The normalized spacial score (nSPS) is 23.0. The first-order valence-electron chi connectivity index (χ1n) is 4.01. The monoisotopic (exact) mass is 158 g/mol. The summed E-state index contributed by atoms with van der Waals surface area (Å²) in [5.41, 5.74) is 0. The van der Waals surface area contributed by atoms with E-state index in [0.717, 1.165) is 25.9 Å². The van der Waals surface area contributed by atoms with Gasteiger partial charge in [0, 0.05) is 12.3 Å². The fourth-order valence-electron chi connectivity index (χ4n) is 1.10. The van der Waals surface area contributed by atoms with Gasteiger partial charge in [-0.05, 0) is 6.42 Å². The first-order chi connectivity index (χ1) is 5.34. The second kappa shape index (κ2) is 4.46. The molecule has 1 aliphatic rings. The molecule has 1 rings (SSSR count). The quantitative estimate of drug-likeness (QED) is 0.574. The minimum Gasteiger partial charge on any atom is -0.352 e. The Balaban J connectivity index is 2.26. The lowest BCUT2D eigenvalue weighted by atomic mass is 10.1. The highest BCUT2D eigenvalue weighted by Crippen LogP contribution is 2.15. The smallest absolute Gasteiger partial charge is 0.160 e. The molecule has 0 unspecified atom stereocenters. The molecule has 0 amide bonds. The predicted octanol–water partition coefficient (Wildman–Crippen LogP) is 0.974. The number of hydrogen-bond donors (Lipinski definition) is 0. The van der Waals surface area contributed by atoms with Crippen LogP contribution in [0.3, 0.4) is 0 Å². The molecule has 0 saturated carbocycles. The maximum absolute atomic E-state index is 10.1. The highest BCUT2D eigenvalue weighted by atomic mass is 16.7. The third-order valence-electron chi connectivity index (χ3n) is 1.79. The number of rotatable bonds is 3. The zero-order valence-electron chi connectivity index (χ0n) is 6.79. The molecular formula is C8H14O3. The highest BCUT2D eigenvalue weighted by Gasteiger charge is 2.20. The molecule has 1 atom stereocenters. The maximum Gasteiger partial charge on any atom is 0.160 e. The lowest BCUT2D eigenvalue weighted by molar-refractivity contribution is -0.202. The zero-order valence-corrected chi connectivity index (χ0v) is 6.79.